The molecule has 1 aromatic rings. The Kier molecular flexibility index (Phi) is 4.04. The molecular formula is C13H18N2O3. The highest BCUT2D eigenvalue weighted by atomic mass is 16.5. The van der Waals surface area contributed by atoms with Gasteiger partial charge in [-0.3, -0.25) is 0 Å². The van der Waals surface area contributed by atoms with Crippen molar-refractivity contribution in [1.82, 2.24) is 0 Å². The summed E-state index contributed by atoms with van der Waals surface area (Å²) >= 11 is 0. The maximum Gasteiger partial charge on any atom is 0.337 e. The number of benzene rings is 1. The first-order valence-electron chi connectivity index (χ1n) is 6.03. The first-order valence-corrected chi connectivity index (χ1v) is 6.03. The zero-order valence-electron chi connectivity index (χ0n) is 10.5. The fourth-order valence-electron chi connectivity index (χ4n) is 2.05. The zero-order chi connectivity index (χ0) is 13.0. The number of ether oxygens (including phenoxy) is 2. The standard InChI is InChI=1S/C13H18N2O3/c1-17-13(16)10-3-4-11(14)12(9-10)15-5-2-7-18-8-6-15/h3-4,9H,2,5-8,14H2,1H3. The molecule has 5 heteroatoms. The van der Waals surface area contributed by atoms with Crippen molar-refractivity contribution in [3.8, 4) is 0 Å². The van der Waals surface area contributed by atoms with E-state index in [2.05, 4.69) is 4.90 Å². The van der Waals surface area contributed by atoms with Crippen LogP contribution in [0.2, 0.25) is 0 Å². The van der Waals surface area contributed by atoms with Crippen molar-refractivity contribution in [3.05, 3.63) is 23.8 Å². The van der Waals surface area contributed by atoms with Crippen LogP contribution in [-0.2, 0) is 9.47 Å². The number of esters is 1. The van der Waals surface area contributed by atoms with E-state index >= 15 is 0 Å². The van der Waals surface area contributed by atoms with E-state index in [0.29, 0.717) is 17.9 Å². The number of nitrogens with two attached hydrogens (primary N) is 1. The second kappa shape index (κ2) is 5.73. The minimum absolute atomic E-state index is 0.345. The van der Waals surface area contributed by atoms with Crippen LogP contribution in [0.5, 0.6) is 0 Å². The van der Waals surface area contributed by atoms with E-state index in [1.807, 2.05) is 0 Å². The Morgan fingerprint density at radius 2 is 2.22 bits per heavy atom. The van der Waals surface area contributed by atoms with Crippen molar-refractivity contribution in [2.75, 3.05) is 44.0 Å². The van der Waals surface area contributed by atoms with Gasteiger partial charge in [-0.2, -0.15) is 0 Å². The van der Waals surface area contributed by atoms with Gasteiger partial charge < -0.3 is 20.1 Å². The molecule has 0 atom stereocenters. The van der Waals surface area contributed by atoms with Gasteiger partial charge >= 0.3 is 5.97 Å². The van der Waals surface area contributed by atoms with Crippen molar-refractivity contribution in [2.45, 2.75) is 6.42 Å². The van der Waals surface area contributed by atoms with Gasteiger partial charge in [-0.25, -0.2) is 4.79 Å². The number of rotatable bonds is 2. The van der Waals surface area contributed by atoms with Gasteiger partial charge in [-0.15, -0.1) is 0 Å². The summed E-state index contributed by atoms with van der Waals surface area (Å²) in [7, 11) is 1.37. The molecule has 1 heterocycles. The summed E-state index contributed by atoms with van der Waals surface area (Å²) in [6.07, 6.45) is 0.960. The van der Waals surface area contributed by atoms with Crippen molar-refractivity contribution >= 4 is 17.3 Å². The molecule has 18 heavy (non-hydrogen) atoms. The van der Waals surface area contributed by atoms with Crippen LogP contribution in [0.15, 0.2) is 18.2 Å². The van der Waals surface area contributed by atoms with Crippen LogP contribution in [0, 0.1) is 0 Å². The predicted molar refractivity (Wildman–Crippen MR) is 69.8 cm³/mol. The normalized spacial score (nSPS) is 16.2. The van der Waals surface area contributed by atoms with E-state index in [4.69, 9.17) is 15.2 Å². The molecule has 1 aliphatic heterocycles. The Labute approximate surface area is 106 Å². The minimum atomic E-state index is -0.345. The number of hydrogen-bond donors (Lipinski definition) is 1. The van der Waals surface area contributed by atoms with Crippen LogP contribution in [-0.4, -0.2) is 39.4 Å². The third kappa shape index (κ3) is 2.73. The quantitative estimate of drug-likeness (QED) is 0.632. The van der Waals surface area contributed by atoms with E-state index in [-0.39, 0.29) is 5.97 Å². The lowest BCUT2D eigenvalue weighted by Gasteiger charge is -2.24. The van der Waals surface area contributed by atoms with Crippen molar-refractivity contribution in [2.24, 2.45) is 0 Å². The lowest BCUT2D eigenvalue weighted by atomic mass is 10.1. The Hall–Kier alpha value is -1.75. The van der Waals surface area contributed by atoms with Gasteiger partial charge in [0.05, 0.1) is 30.7 Å². The fourth-order valence-corrected chi connectivity index (χ4v) is 2.05. The van der Waals surface area contributed by atoms with Gasteiger partial charge in [0.15, 0.2) is 0 Å². The third-order valence-electron chi connectivity index (χ3n) is 3.01. The highest BCUT2D eigenvalue weighted by Gasteiger charge is 2.15. The monoisotopic (exact) mass is 250 g/mol. The van der Waals surface area contributed by atoms with Gasteiger partial charge in [0.25, 0.3) is 0 Å². The molecule has 2 N–H and O–H groups in total. The number of methoxy groups -OCH3 is 1. The van der Waals surface area contributed by atoms with Gasteiger partial charge in [0, 0.05) is 19.7 Å². The molecule has 0 unspecified atom stereocenters. The largest absolute Gasteiger partial charge is 0.465 e. The average Bonchev–Trinajstić information content (AvgIpc) is 2.67. The smallest absolute Gasteiger partial charge is 0.337 e. The molecule has 0 aromatic heterocycles. The summed E-state index contributed by atoms with van der Waals surface area (Å²) in [5, 5.41) is 0. The summed E-state index contributed by atoms with van der Waals surface area (Å²) in [4.78, 5) is 13.7. The van der Waals surface area contributed by atoms with Crippen molar-refractivity contribution < 1.29 is 14.3 Å². The molecular weight excluding hydrogens is 232 g/mol. The summed E-state index contributed by atoms with van der Waals surface area (Å²) in [5.74, 6) is -0.345. The Bertz CT molecular complexity index is 426. The molecule has 0 aliphatic carbocycles. The first-order chi connectivity index (χ1) is 8.72. The van der Waals surface area contributed by atoms with Gasteiger partial charge in [0.1, 0.15) is 0 Å². The molecule has 2 rings (SSSR count). The number of nitrogens with zero attached hydrogens (tertiary/aromatic N) is 1. The van der Waals surface area contributed by atoms with Crippen LogP contribution < -0.4 is 10.6 Å². The van der Waals surface area contributed by atoms with Gasteiger partial charge in [0.2, 0.25) is 0 Å². The molecule has 5 nitrogen and oxygen atoms in total. The van der Waals surface area contributed by atoms with E-state index in [1.54, 1.807) is 18.2 Å². The fraction of sp³-hybridized carbons (Fsp3) is 0.462. The molecule has 0 amide bonds. The van der Waals surface area contributed by atoms with Gasteiger partial charge in [-0.05, 0) is 24.6 Å². The van der Waals surface area contributed by atoms with Crippen LogP contribution in [0.3, 0.4) is 0 Å². The summed E-state index contributed by atoms with van der Waals surface area (Å²) in [6, 6.07) is 5.21. The second-order valence-electron chi connectivity index (χ2n) is 4.22. The minimum Gasteiger partial charge on any atom is -0.465 e. The second-order valence-corrected chi connectivity index (χ2v) is 4.22. The van der Waals surface area contributed by atoms with E-state index in [0.717, 1.165) is 31.8 Å². The lowest BCUT2D eigenvalue weighted by molar-refractivity contribution is 0.0601. The topological polar surface area (TPSA) is 64.8 Å². The Balaban J connectivity index is 2.27. The molecule has 1 aromatic carbocycles. The van der Waals surface area contributed by atoms with E-state index in [1.165, 1.54) is 7.11 Å². The van der Waals surface area contributed by atoms with Crippen LogP contribution in [0.25, 0.3) is 0 Å². The summed E-state index contributed by atoms with van der Waals surface area (Å²) in [6.45, 7) is 3.12. The third-order valence-corrected chi connectivity index (χ3v) is 3.01. The van der Waals surface area contributed by atoms with Crippen LogP contribution in [0.1, 0.15) is 16.8 Å². The van der Waals surface area contributed by atoms with Gasteiger partial charge in [-0.1, -0.05) is 0 Å². The molecule has 1 saturated heterocycles. The number of anilines is 2. The maximum absolute atomic E-state index is 11.5. The molecule has 0 saturated carbocycles. The lowest BCUT2D eigenvalue weighted by Crippen LogP contribution is -2.27. The molecule has 1 aliphatic rings. The summed E-state index contributed by atoms with van der Waals surface area (Å²) in [5.41, 5.74) is 8.05. The van der Waals surface area contributed by atoms with Crippen molar-refractivity contribution in [1.29, 1.82) is 0 Å². The highest BCUT2D eigenvalue weighted by Crippen LogP contribution is 2.25. The van der Waals surface area contributed by atoms with Crippen LogP contribution >= 0.6 is 0 Å². The Morgan fingerprint density at radius 1 is 1.39 bits per heavy atom. The number of carbonyl (C=O) groups is 1. The van der Waals surface area contributed by atoms with E-state index < -0.39 is 0 Å². The molecule has 98 valence electrons. The van der Waals surface area contributed by atoms with Crippen LogP contribution in [0.4, 0.5) is 11.4 Å². The predicted octanol–water partition coefficient (Wildman–Crippen LogP) is 1.28. The van der Waals surface area contributed by atoms with E-state index in [9.17, 15) is 4.79 Å². The number of carbonyl (C=O) groups excluding carboxylic acids is 1. The molecule has 0 bridgehead atoms. The summed E-state index contributed by atoms with van der Waals surface area (Å²) < 4.78 is 10.1. The molecule has 0 spiro atoms. The zero-order valence-corrected chi connectivity index (χ0v) is 10.5. The molecule has 0 radical (unpaired) electrons. The SMILES string of the molecule is COC(=O)c1ccc(N)c(N2CCCOCC2)c1. The maximum atomic E-state index is 11.5. The van der Waals surface area contributed by atoms with Crippen molar-refractivity contribution in [3.63, 3.8) is 0 Å². The number of nitrogen functional groups attached to an aromatic ring is 1. The number of hydrogen-bond acceptors (Lipinski definition) is 5. The average molecular weight is 250 g/mol. The Morgan fingerprint density at radius 3 is 3.00 bits per heavy atom. The molecule has 1 fully saturated rings. The highest BCUT2D eigenvalue weighted by molar-refractivity contribution is 5.92. The first kappa shape index (κ1) is 12.7.